The van der Waals surface area contributed by atoms with Crippen molar-refractivity contribution in [1.82, 2.24) is 0 Å². The number of rotatable bonds is 3. The quantitative estimate of drug-likeness (QED) is 0.665. The van der Waals surface area contributed by atoms with Crippen molar-refractivity contribution in [3.63, 3.8) is 0 Å². The molecule has 88 valence electrons. The summed E-state index contributed by atoms with van der Waals surface area (Å²) in [6.07, 6.45) is 0. The highest BCUT2D eigenvalue weighted by atomic mass is 79.9. The van der Waals surface area contributed by atoms with Crippen LogP contribution in [0.3, 0.4) is 0 Å². The summed E-state index contributed by atoms with van der Waals surface area (Å²) in [4.78, 5) is 0. The molecule has 0 aliphatic heterocycles. The van der Waals surface area contributed by atoms with Crippen LogP contribution in [0.5, 0.6) is 11.5 Å². The van der Waals surface area contributed by atoms with Crippen LogP contribution in [0, 0.1) is 6.92 Å². The molecule has 2 rings (SSSR count). The third-order valence-corrected chi connectivity index (χ3v) is 3.74. The molecule has 0 saturated carbocycles. The highest BCUT2D eigenvalue weighted by Crippen LogP contribution is 2.28. The Labute approximate surface area is 118 Å². The molecule has 0 aromatic heterocycles. The Balaban J connectivity index is 2.22. The second-order valence-electron chi connectivity index (χ2n) is 3.81. The van der Waals surface area contributed by atoms with Crippen molar-refractivity contribution in [2.24, 2.45) is 0 Å². The van der Waals surface area contributed by atoms with E-state index in [-0.39, 0.29) is 0 Å². The van der Waals surface area contributed by atoms with Crippen LogP contribution in [0.2, 0.25) is 0 Å². The van der Waals surface area contributed by atoms with Gasteiger partial charge in [0, 0.05) is 9.80 Å². The van der Waals surface area contributed by atoms with Crippen LogP contribution in [-0.4, -0.2) is 0 Å². The minimum Gasteiger partial charge on any atom is -0.457 e. The van der Waals surface area contributed by atoms with Gasteiger partial charge >= 0.3 is 0 Å². The average molecular weight is 356 g/mol. The predicted octanol–water partition coefficient (Wildman–Crippen LogP) is 5.44. The Kier molecular flexibility index (Phi) is 4.24. The van der Waals surface area contributed by atoms with Gasteiger partial charge in [-0.3, -0.25) is 0 Å². The van der Waals surface area contributed by atoms with Crippen LogP contribution in [0.25, 0.3) is 0 Å². The highest BCUT2D eigenvalue weighted by Gasteiger charge is 2.02. The van der Waals surface area contributed by atoms with E-state index in [1.165, 1.54) is 11.1 Å². The summed E-state index contributed by atoms with van der Waals surface area (Å²) >= 11 is 6.96. The normalized spacial score (nSPS) is 10.3. The molecule has 0 unspecified atom stereocenters. The summed E-state index contributed by atoms with van der Waals surface area (Å²) in [5.74, 6) is 1.70. The van der Waals surface area contributed by atoms with Crippen LogP contribution in [0.15, 0.2) is 46.9 Å². The van der Waals surface area contributed by atoms with Crippen molar-refractivity contribution < 1.29 is 4.74 Å². The largest absolute Gasteiger partial charge is 0.457 e. The number of benzene rings is 2. The number of hydrogen-bond acceptors (Lipinski definition) is 1. The maximum absolute atomic E-state index is 5.79. The molecule has 2 aromatic carbocycles. The predicted molar refractivity (Wildman–Crippen MR) is 78.0 cm³/mol. The minimum absolute atomic E-state index is 0.832. The van der Waals surface area contributed by atoms with Gasteiger partial charge in [0.2, 0.25) is 0 Å². The lowest BCUT2D eigenvalue weighted by atomic mass is 10.2. The van der Waals surface area contributed by atoms with Gasteiger partial charge in [0.15, 0.2) is 0 Å². The molecule has 17 heavy (non-hydrogen) atoms. The first-order valence-electron chi connectivity index (χ1n) is 5.28. The van der Waals surface area contributed by atoms with Gasteiger partial charge in [0.05, 0.1) is 0 Å². The van der Waals surface area contributed by atoms with Gasteiger partial charge in [-0.05, 0) is 42.3 Å². The van der Waals surface area contributed by atoms with Crippen LogP contribution in [-0.2, 0) is 5.33 Å². The summed E-state index contributed by atoms with van der Waals surface area (Å²) in [6.45, 7) is 2.05. The molecule has 0 aliphatic rings. The molecule has 3 heteroatoms. The fourth-order valence-corrected chi connectivity index (χ4v) is 2.88. The molecule has 0 aliphatic carbocycles. The van der Waals surface area contributed by atoms with Crippen molar-refractivity contribution in [2.45, 2.75) is 12.3 Å². The topological polar surface area (TPSA) is 9.23 Å². The number of alkyl halides is 1. The van der Waals surface area contributed by atoms with Crippen LogP contribution >= 0.6 is 31.9 Å². The summed E-state index contributed by atoms with van der Waals surface area (Å²) in [6, 6.07) is 14.0. The zero-order valence-electron chi connectivity index (χ0n) is 9.41. The molecular formula is C14H12Br2O. The Morgan fingerprint density at radius 2 is 1.82 bits per heavy atom. The molecule has 0 amide bonds. The first-order valence-corrected chi connectivity index (χ1v) is 7.19. The Morgan fingerprint density at radius 3 is 2.47 bits per heavy atom. The molecule has 0 spiro atoms. The molecule has 0 bridgehead atoms. The number of hydrogen-bond donors (Lipinski definition) is 0. The van der Waals surface area contributed by atoms with E-state index in [1.54, 1.807) is 0 Å². The van der Waals surface area contributed by atoms with E-state index in [0.717, 1.165) is 21.3 Å². The van der Waals surface area contributed by atoms with Gasteiger partial charge in [-0.1, -0.05) is 50.1 Å². The van der Waals surface area contributed by atoms with Gasteiger partial charge in [-0.25, -0.2) is 0 Å². The highest BCUT2D eigenvalue weighted by molar-refractivity contribution is 9.10. The molecule has 2 aromatic rings. The lowest BCUT2D eigenvalue weighted by Gasteiger charge is -2.08. The summed E-state index contributed by atoms with van der Waals surface area (Å²) in [5.41, 5.74) is 2.40. The molecule has 0 heterocycles. The molecular weight excluding hydrogens is 344 g/mol. The van der Waals surface area contributed by atoms with Crippen LogP contribution in [0.4, 0.5) is 0 Å². The van der Waals surface area contributed by atoms with Gasteiger partial charge in [0.25, 0.3) is 0 Å². The molecule has 0 radical (unpaired) electrons. The molecule has 0 saturated heterocycles. The monoisotopic (exact) mass is 354 g/mol. The lowest BCUT2D eigenvalue weighted by molar-refractivity contribution is 0.482. The van der Waals surface area contributed by atoms with Crippen LogP contribution in [0.1, 0.15) is 11.1 Å². The number of ether oxygens (including phenoxy) is 1. The van der Waals surface area contributed by atoms with E-state index in [9.17, 15) is 0 Å². The first kappa shape index (κ1) is 12.7. The van der Waals surface area contributed by atoms with Crippen molar-refractivity contribution >= 4 is 31.9 Å². The van der Waals surface area contributed by atoms with E-state index < -0.39 is 0 Å². The first-order chi connectivity index (χ1) is 8.19. The van der Waals surface area contributed by atoms with Gasteiger partial charge in [-0.15, -0.1) is 0 Å². The second kappa shape index (κ2) is 5.69. The van der Waals surface area contributed by atoms with Crippen molar-refractivity contribution in [3.8, 4) is 11.5 Å². The van der Waals surface area contributed by atoms with Gasteiger partial charge in [-0.2, -0.15) is 0 Å². The Bertz CT molecular complexity index is 523. The SMILES string of the molecule is Cc1cccc(Oc2ccc(CBr)c(Br)c2)c1. The Morgan fingerprint density at radius 1 is 1.06 bits per heavy atom. The zero-order valence-corrected chi connectivity index (χ0v) is 12.6. The number of halogens is 2. The summed E-state index contributed by atoms with van der Waals surface area (Å²) < 4.78 is 6.85. The smallest absolute Gasteiger partial charge is 0.128 e. The fourth-order valence-electron chi connectivity index (χ4n) is 1.51. The third kappa shape index (κ3) is 3.33. The Hall–Kier alpha value is -0.800. The molecule has 1 nitrogen and oxygen atoms in total. The summed E-state index contributed by atoms with van der Waals surface area (Å²) in [7, 11) is 0. The average Bonchev–Trinajstić information content (AvgIpc) is 2.29. The lowest BCUT2D eigenvalue weighted by Crippen LogP contribution is -1.87. The second-order valence-corrected chi connectivity index (χ2v) is 5.22. The zero-order chi connectivity index (χ0) is 12.3. The standard InChI is InChI=1S/C14H12Br2O/c1-10-3-2-4-12(7-10)17-13-6-5-11(9-15)14(16)8-13/h2-8H,9H2,1H3. The molecule has 0 atom stereocenters. The van der Waals surface area contributed by atoms with E-state index in [0.29, 0.717) is 0 Å². The van der Waals surface area contributed by atoms with E-state index >= 15 is 0 Å². The van der Waals surface area contributed by atoms with E-state index in [4.69, 9.17) is 4.74 Å². The van der Waals surface area contributed by atoms with Crippen molar-refractivity contribution in [3.05, 3.63) is 58.1 Å². The minimum atomic E-state index is 0.832. The number of aryl methyl sites for hydroxylation is 1. The molecule has 0 fully saturated rings. The fraction of sp³-hybridized carbons (Fsp3) is 0.143. The third-order valence-electron chi connectivity index (χ3n) is 2.39. The van der Waals surface area contributed by atoms with E-state index in [1.807, 2.05) is 36.4 Å². The van der Waals surface area contributed by atoms with E-state index in [2.05, 4.69) is 44.8 Å². The maximum atomic E-state index is 5.79. The van der Waals surface area contributed by atoms with Crippen molar-refractivity contribution in [2.75, 3.05) is 0 Å². The van der Waals surface area contributed by atoms with Gasteiger partial charge < -0.3 is 4.74 Å². The maximum Gasteiger partial charge on any atom is 0.128 e. The summed E-state index contributed by atoms with van der Waals surface area (Å²) in [5, 5.41) is 0.832. The van der Waals surface area contributed by atoms with Gasteiger partial charge in [0.1, 0.15) is 11.5 Å². The molecule has 0 N–H and O–H groups in total. The van der Waals surface area contributed by atoms with Crippen LogP contribution < -0.4 is 4.74 Å². The van der Waals surface area contributed by atoms with Crippen molar-refractivity contribution in [1.29, 1.82) is 0 Å².